The predicted molar refractivity (Wildman–Crippen MR) is 126 cm³/mol. The number of anilines is 1. The average molecular weight is 453 g/mol. The van der Waals surface area contributed by atoms with Crippen LogP contribution < -0.4 is 14.4 Å². The highest BCUT2D eigenvalue weighted by molar-refractivity contribution is 7.92. The molecule has 7 heteroatoms. The van der Waals surface area contributed by atoms with Crippen LogP contribution in [0.1, 0.15) is 18.9 Å². The van der Waals surface area contributed by atoms with Crippen LogP contribution in [0.4, 0.5) is 5.69 Å². The quantitative estimate of drug-likeness (QED) is 0.504. The molecule has 1 atom stereocenters. The number of methoxy groups -OCH3 is 1. The fourth-order valence-corrected chi connectivity index (χ4v) is 4.78. The number of carbonyl (C=O) groups is 1. The van der Waals surface area contributed by atoms with Gasteiger partial charge in [0, 0.05) is 6.04 Å². The standard InChI is InChI=1S/C25H28N2O4S/c1-20(13-14-21-9-5-3-6-10-21)26-25(28)19-27(22-15-17-23(31-2)18-16-22)32(29,30)24-11-7-4-8-12-24/h3-12,15-18,20H,13-14,19H2,1-2H3,(H,26,28)/t20-/m1/s1. The Labute approximate surface area is 189 Å². The number of ether oxygens (including phenoxy) is 1. The molecular formula is C25H28N2O4S. The molecule has 0 heterocycles. The lowest BCUT2D eigenvalue weighted by Gasteiger charge is -2.25. The van der Waals surface area contributed by atoms with Crippen LogP contribution in [0.25, 0.3) is 0 Å². The summed E-state index contributed by atoms with van der Waals surface area (Å²) in [5, 5.41) is 2.93. The van der Waals surface area contributed by atoms with Crippen molar-refractivity contribution < 1.29 is 17.9 Å². The smallest absolute Gasteiger partial charge is 0.264 e. The molecule has 6 nitrogen and oxygen atoms in total. The van der Waals surface area contributed by atoms with Gasteiger partial charge in [-0.3, -0.25) is 9.10 Å². The Kier molecular flexibility index (Phi) is 7.89. The highest BCUT2D eigenvalue weighted by Gasteiger charge is 2.27. The number of rotatable bonds is 10. The van der Waals surface area contributed by atoms with E-state index < -0.39 is 10.0 Å². The van der Waals surface area contributed by atoms with Crippen molar-refractivity contribution in [2.75, 3.05) is 18.0 Å². The lowest BCUT2D eigenvalue weighted by Crippen LogP contribution is -2.43. The number of benzene rings is 3. The second-order valence-corrected chi connectivity index (χ2v) is 9.38. The Hall–Kier alpha value is -3.32. The molecule has 3 aromatic rings. The molecule has 0 aliphatic heterocycles. The number of amides is 1. The van der Waals surface area contributed by atoms with Crippen LogP contribution in [0.2, 0.25) is 0 Å². The van der Waals surface area contributed by atoms with Gasteiger partial charge in [0.2, 0.25) is 5.91 Å². The molecule has 3 rings (SSSR count). The van der Waals surface area contributed by atoms with Gasteiger partial charge >= 0.3 is 0 Å². The van der Waals surface area contributed by atoms with Crippen molar-refractivity contribution in [2.45, 2.75) is 30.7 Å². The summed E-state index contributed by atoms with van der Waals surface area (Å²) in [6.07, 6.45) is 1.58. The molecule has 0 unspecified atom stereocenters. The second-order valence-electron chi connectivity index (χ2n) is 7.52. The Morgan fingerprint density at radius 1 is 0.938 bits per heavy atom. The maximum absolute atomic E-state index is 13.3. The van der Waals surface area contributed by atoms with Crippen LogP contribution >= 0.6 is 0 Å². The van der Waals surface area contributed by atoms with Crippen molar-refractivity contribution in [1.29, 1.82) is 0 Å². The summed E-state index contributed by atoms with van der Waals surface area (Å²) in [4.78, 5) is 12.9. The van der Waals surface area contributed by atoms with Crippen LogP contribution in [0, 0.1) is 0 Å². The zero-order valence-electron chi connectivity index (χ0n) is 18.3. The number of aryl methyl sites for hydroxylation is 1. The summed E-state index contributed by atoms with van der Waals surface area (Å²) in [6.45, 7) is 1.60. The van der Waals surface area contributed by atoms with Gasteiger partial charge in [0.1, 0.15) is 12.3 Å². The van der Waals surface area contributed by atoms with Gasteiger partial charge in [-0.1, -0.05) is 48.5 Å². The predicted octanol–water partition coefficient (Wildman–Crippen LogP) is 4.03. The number of carbonyl (C=O) groups excluding carboxylic acids is 1. The van der Waals surface area contributed by atoms with E-state index >= 15 is 0 Å². The minimum Gasteiger partial charge on any atom is -0.497 e. The molecule has 3 aromatic carbocycles. The van der Waals surface area contributed by atoms with Crippen LogP contribution in [0.15, 0.2) is 89.8 Å². The first-order valence-corrected chi connectivity index (χ1v) is 11.9. The summed E-state index contributed by atoms with van der Waals surface area (Å²) in [5.74, 6) is 0.241. The zero-order valence-corrected chi connectivity index (χ0v) is 19.1. The highest BCUT2D eigenvalue weighted by Crippen LogP contribution is 2.25. The fourth-order valence-electron chi connectivity index (χ4n) is 3.33. The van der Waals surface area contributed by atoms with Crippen LogP contribution in [0.3, 0.4) is 0 Å². The first kappa shape index (κ1) is 23.3. The van der Waals surface area contributed by atoms with Gasteiger partial charge in [0.25, 0.3) is 10.0 Å². The van der Waals surface area contributed by atoms with Crippen molar-refractivity contribution in [2.24, 2.45) is 0 Å². The molecule has 0 saturated heterocycles. The van der Waals surface area contributed by atoms with Gasteiger partial charge in [-0.25, -0.2) is 8.42 Å². The molecule has 0 radical (unpaired) electrons. The minimum atomic E-state index is -3.93. The number of hydrogen-bond acceptors (Lipinski definition) is 4. The number of nitrogens with one attached hydrogen (secondary N) is 1. The van der Waals surface area contributed by atoms with E-state index in [1.165, 1.54) is 24.8 Å². The van der Waals surface area contributed by atoms with E-state index in [0.29, 0.717) is 11.4 Å². The van der Waals surface area contributed by atoms with E-state index in [0.717, 1.165) is 17.1 Å². The van der Waals surface area contributed by atoms with Gasteiger partial charge < -0.3 is 10.1 Å². The number of nitrogens with zero attached hydrogens (tertiary/aromatic N) is 1. The minimum absolute atomic E-state index is 0.0974. The lowest BCUT2D eigenvalue weighted by atomic mass is 10.1. The molecule has 0 aromatic heterocycles. The Morgan fingerprint density at radius 2 is 1.53 bits per heavy atom. The van der Waals surface area contributed by atoms with Gasteiger partial charge in [-0.05, 0) is 61.7 Å². The molecule has 0 aliphatic carbocycles. The molecule has 32 heavy (non-hydrogen) atoms. The molecule has 0 aliphatic rings. The molecule has 0 bridgehead atoms. The van der Waals surface area contributed by atoms with Crippen molar-refractivity contribution in [3.63, 3.8) is 0 Å². The van der Waals surface area contributed by atoms with Crippen LogP contribution in [-0.4, -0.2) is 34.0 Å². The monoisotopic (exact) mass is 452 g/mol. The fraction of sp³-hybridized carbons (Fsp3) is 0.240. The maximum Gasteiger partial charge on any atom is 0.264 e. The third-order valence-corrected chi connectivity index (χ3v) is 6.88. The number of hydrogen-bond donors (Lipinski definition) is 1. The van der Waals surface area contributed by atoms with E-state index in [1.54, 1.807) is 42.5 Å². The molecule has 0 saturated carbocycles. The van der Waals surface area contributed by atoms with Gasteiger partial charge in [-0.2, -0.15) is 0 Å². The molecule has 1 amide bonds. The summed E-state index contributed by atoms with van der Waals surface area (Å²) in [7, 11) is -2.39. The summed E-state index contributed by atoms with van der Waals surface area (Å²) in [5.41, 5.74) is 1.59. The second kappa shape index (κ2) is 10.8. The summed E-state index contributed by atoms with van der Waals surface area (Å²) >= 11 is 0. The van der Waals surface area contributed by atoms with E-state index in [2.05, 4.69) is 5.32 Å². The SMILES string of the molecule is COc1ccc(N(CC(=O)N[C@H](C)CCc2ccccc2)S(=O)(=O)c2ccccc2)cc1. The third kappa shape index (κ3) is 6.11. The largest absolute Gasteiger partial charge is 0.497 e. The zero-order chi connectivity index (χ0) is 23.0. The average Bonchev–Trinajstić information content (AvgIpc) is 2.82. The normalized spacial score (nSPS) is 12.1. The Balaban J connectivity index is 1.75. The van der Waals surface area contributed by atoms with Gasteiger partial charge in [0.15, 0.2) is 0 Å². The van der Waals surface area contributed by atoms with Crippen molar-refractivity contribution >= 4 is 21.6 Å². The van der Waals surface area contributed by atoms with Gasteiger partial charge in [-0.15, -0.1) is 0 Å². The van der Waals surface area contributed by atoms with Crippen molar-refractivity contribution in [3.05, 3.63) is 90.5 Å². The third-order valence-electron chi connectivity index (χ3n) is 5.10. The Morgan fingerprint density at radius 3 is 2.12 bits per heavy atom. The lowest BCUT2D eigenvalue weighted by molar-refractivity contribution is -0.120. The van der Waals surface area contributed by atoms with E-state index in [1.807, 2.05) is 37.3 Å². The van der Waals surface area contributed by atoms with Crippen LogP contribution in [0.5, 0.6) is 5.75 Å². The molecule has 0 fully saturated rings. The van der Waals surface area contributed by atoms with Crippen molar-refractivity contribution in [3.8, 4) is 5.75 Å². The maximum atomic E-state index is 13.3. The van der Waals surface area contributed by atoms with E-state index in [4.69, 9.17) is 4.74 Å². The first-order chi connectivity index (χ1) is 15.4. The van der Waals surface area contributed by atoms with E-state index in [9.17, 15) is 13.2 Å². The Bertz CT molecular complexity index is 1100. The topological polar surface area (TPSA) is 75.7 Å². The van der Waals surface area contributed by atoms with Crippen LogP contribution in [-0.2, 0) is 21.2 Å². The number of sulfonamides is 1. The van der Waals surface area contributed by atoms with Crippen molar-refractivity contribution in [1.82, 2.24) is 5.32 Å². The van der Waals surface area contributed by atoms with Gasteiger partial charge in [0.05, 0.1) is 17.7 Å². The summed E-state index contributed by atoms with van der Waals surface area (Å²) in [6, 6.07) is 24.6. The first-order valence-electron chi connectivity index (χ1n) is 10.5. The molecular weight excluding hydrogens is 424 g/mol. The molecule has 1 N–H and O–H groups in total. The molecule has 168 valence electrons. The molecule has 0 spiro atoms. The van der Waals surface area contributed by atoms with E-state index in [-0.39, 0.29) is 23.4 Å². The highest BCUT2D eigenvalue weighted by atomic mass is 32.2. The summed E-state index contributed by atoms with van der Waals surface area (Å²) < 4.78 is 33.0.